The van der Waals surface area contributed by atoms with Gasteiger partial charge in [-0.05, 0) is 31.5 Å². The Morgan fingerprint density at radius 1 is 1.33 bits per heavy atom. The number of nitrogens with zero attached hydrogens (tertiary/aromatic N) is 2. The zero-order valence-electron chi connectivity index (χ0n) is 9.90. The second kappa shape index (κ2) is 5.20. The van der Waals surface area contributed by atoms with Crippen molar-refractivity contribution in [1.82, 2.24) is 15.5 Å². The van der Waals surface area contributed by atoms with Crippen LogP contribution < -0.4 is 5.32 Å². The van der Waals surface area contributed by atoms with E-state index >= 15 is 0 Å². The lowest BCUT2D eigenvalue weighted by Gasteiger charge is -2.19. The third-order valence-electron chi connectivity index (χ3n) is 3.13. The van der Waals surface area contributed by atoms with Crippen LogP contribution in [0.1, 0.15) is 31.2 Å². The number of aromatic nitrogens is 2. The number of hydrogen-bond donors (Lipinski definition) is 1. The van der Waals surface area contributed by atoms with E-state index in [1.54, 1.807) is 0 Å². The fourth-order valence-corrected chi connectivity index (χ4v) is 2.58. The van der Waals surface area contributed by atoms with Crippen LogP contribution in [0.5, 0.6) is 0 Å². The maximum Gasteiger partial charge on any atom is 0.244 e. The van der Waals surface area contributed by atoms with Gasteiger partial charge in [0.2, 0.25) is 11.7 Å². The SMILES string of the molecule is Brc1cccc(-c2noc([C@H]3CCCCN3)n2)c1. The van der Waals surface area contributed by atoms with Crippen molar-refractivity contribution in [2.75, 3.05) is 6.54 Å². The maximum atomic E-state index is 5.36. The van der Waals surface area contributed by atoms with Crippen molar-refractivity contribution in [3.63, 3.8) is 0 Å². The van der Waals surface area contributed by atoms with E-state index in [0.717, 1.165) is 23.0 Å². The molecule has 1 fully saturated rings. The summed E-state index contributed by atoms with van der Waals surface area (Å²) in [6.45, 7) is 1.03. The monoisotopic (exact) mass is 307 g/mol. The zero-order chi connectivity index (χ0) is 12.4. The summed E-state index contributed by atoms with van der Waals surface area (Å²) in [5, 5.41) is 7.46. The summed E-state index contributed by atoms with van der Waals surface area (Å²) in [4.78, 5) is 4.48. The molecule has 1 aromatic heterocycles. The van der Waals surface area contributed by atoms with Crippen LogP contribution in [0.3, 0.4) is 0 Å². The molecule has 0 bridgehead atoms. The molecular formula is C13H14BrN3O. The number of hydrogen-bond acceptors (Lipinski definition) is 4. The average molecular weight is 308 g/mol. The quantitative estimate of drug-likeness (QED) is 0.924. The lowest BCUT2D eigenvalue weighted by atomic mass is 10.1. The first-order valence-corrected chi connectivity index (χ1v) is 6.95. The van der Waals surface area contributed by atoms with Crippen LogP contribution in [-0.4, -0.2) is 16.7 Å². The molecule has 0 aliphatic carbocycles. The van der Waals surface area contributed by atoms with Crippen molar-refractivity contribution >= 4 is 15.9 Å². The van der Waals surface area contributed by atoms with Gasteiger partial charge in [0.1, 0.15) is 0 Å². The lowest BCUT2D eigenvalue weighted by Crippen LogP contribution is -2.26. The maximum absolute atomic E-state index is 5.36. The van der Waals surface area contributed by atoms with Crippen LogP contribution in [0.4, 0.5) is 0 Å². The highest BCUT2D eigenvalue weighted by molar-refractivity contribution is 9.10. The highest BCUT2D eigenvalue weighted by Gasteiger charge is 2.21. The van der Waals surface area contributed by atoms with Crippen LogP contribution in [0.2, 0.25) is 0 Å². The predicted octanol–water partition coefficient (Wildman–Crippen LogP) is 3.31. The Labute approximate surface area is 114 Å². The lowest BCUT2D eigenvalue weighted by molar-refractivity contribution is 0.297. The number of rotatable bonds is 2. The third-order valence-corrected chi connectivity index (χ3v) is 3.63. The van der Waals surface area contributed by atoms with Gasteiger partial charge in [-0.1, -0.05) is 39.6 Å². The van der Waals surface area contributed by atoms with Crippen molar-refractivity contribution < 1.29 is 4.52 Å². The molecule has 1 aliphatic rings. The second-order valence-corrected chi connectivity index (χ2v) is 5.38. The van der Waals surface area contributed by atoms with E-state index < -0.39 is 0 Å². The molecular weight excluding hydrogens is 294 g/mol. The van der Waals surface area contributed by atoms with E-state index in [1.165, 1.54) is 12.8 Å². The minimum Gasteiger partial charge on any atom is -0.337 e. The Morgan fingerprint density at radius 3 is 3.06 bits per heavy atom. The second-order valence-electron chi connectivity index (χ2n) is 4.47. The highest BCUT2D eigenvalue weighted by atomic mass is 79.9. The van der Waals surface area contributed by atoms with Crippen molar-refractivity contribution in [1.29, 1.82) is 0 Å². The summed E-state index contributed by atoms with van der Waals surface area (Å²) < 4.78 is 6.38. The van der Waals surface area contributed by atoms with Gasteiger partial charge in [0.05, 0.1) is 6.04 Å². The average Bonchev–Trinajstić information content (AvgIpc) is 2.89. The standard InChI is InChI=1S/C13H14BrN3O/c14-10-5-3-4-9(8-10)12-16-13(18-17-12)11-6-1-2-7-15-11/h3-5,8,11,15H,1-2,6-7H2/t11-/m1/s1. The molecule has 0 radical (unpaired) electrons. The van der Waals surface area contributed by atoms with E-state index in [4.69, 9.17) is 4.52 Å². The van der Waals surface area contributed by atoms with E-state index in [-0.39, 0.29) is 6.04 Å². The molecule has 0 spiro atoms. The van der Waals surface area contributed by atoms with Crippen LogP contribution in [0.15, 0.2) is 33.3 Å². The molecule has 1 aromatic carbocycles. The Bertz CT molecular complexity index is 535. The van der Waals surface area contributed by atoms with Gasteiger partial charge in [0.15, 0.2) is 0 Å². The van der Waals surface area contributed by atoms with Crippen LogP contribution >= 0.6 is 15.9 Å². The Hall–Kier alpha value is -1.20. The van der Waals surface area contributed by atoms with Gasteiger partial charge in [0.25, 0.3) is 0 Å². The van der Waals surface area contributed by atoms with E-state index in [0.29, 0.717) is 11.7 Å². The molecule has 2 aromatic rings. The summed E-state index contributed by atoms with van der Waals surface area (Å²) in [7, 11) is 0. The van der Waals surface area contributed by atoms with Crippen LogP contribution in [0, 0.1) is 0 Å². The first kappa shape index (κ1) is 11.9. The van der Waals surface area contributed by atoms with Gasteiger partial charge in [-0.2, -0.15) is 4.98 Å². The van der Waals surface area contributed by atoms with Gasteiger partial charge in [0, 0.05) is 10.0 Å². The Balaban J connectivity index is 1.84. The first-order valence-electron chi connectivity index (χ1n) is 6.16. The molecule has 1 saturated heterocycles. The van der Waals surface area contributed by atoms with Gasteiger partial charge < -0.3 is 9.84 Å². The van der Waals surface area contributed by atoms with Crippen LogP contribution in [-0.2, 0) is 0 Å². The van der Waals surface area contributed by atoms with Crippen molar-refractivity contribution in [3.8, 4) is 11.4 Å². The molecule has 2 heterocycles. The van der Waals surface area contributed by atoms with Gasteiger partial charge in [-0.3, -0.25) is 0 Å². The van der Waals surface area contributed by atoms with Gasteiger partial charge >= 0.3 is 0 Å². The van der Waals surface area contributed by atoms with E-state index in [2.05, 4.69) is 31.4 Å². The van der Waals surface area contributed by atoms with Crippen molar-refractivity contribution in [3.05, 3.63) is 34.6 Å². The number of benzene rings is 1. The molecule has 5 heteroatoms. The molecule has 1 N–H and O–H groups in total. The predicted molar refractivity (Wildman–Crippen MR) is 72.0 cm³/mol. The molecule has 1 aliphatic heterocycles. The smallest absolute Gasteiger partial charge is 0.244 e. The highest BCUT2D eigenvalue weighted by Crippen LogP contribution is 2.25. The summed E-state index contributed by atoms with van der Waals surface area (Å²) >= 11 is 3.44. The first-order chi connectivity index (χ1) is 8.83. The van der Waals surface area contributed by atoms with Gasteiger partial charge in [-0.25, -0.2) is 0 Å². The summed E-state index contributed by atoms with van der Waals surface area (Å²) in [5.41, 5.74) is 0.968. The molecule has 94 valence electrons. The topological polar surface area (TPSA) is 51.0 Å². The molecule has 0 saturated carbocycles. The molecule has 4 nitrogen and oxygen atoms in total. The summed E-state index contributed by atoms with van der Waals surface area (Å²) in [5.74, 6) is 1.35. The Morgan fingerprint density at radius 2 is 2.28 bits per heavy atom. The minimum absolute atomic E-state index is 0.215. The number of piperidine rings is 1. The van der Waals surface area contributed by atoms with Crippen molar-refractivity contribution in [2.45, 2.75) is 25.3 Å². The van der Waals surface area contributed by atoms with E-state index in [9.17, 15) is 0 Å². The number of halogens is 1. The fourth-order valence-electron chi connectivity index (χ4n) is 2.18. The van der Waals surface area contributed by atoms with Crippen molar-refractivity contribution in [2.24, 2.45) is 0 Å². The Kier molecular flexibility index (Phi) is 3.43. The molecule has 0 unspecified atom stereocenters. The zero-order valence-corrected chi connectivity index (χ0v) is 11.5. The number of nitrogens with one attached hydrogen (secondary N) is 1. The fraction of sp³-hybridized carbons (Fsp3) is 0.385. The molecule has 0 amide bonds. The normalized spacial score (nSPS) is 19.9. The third kappa shape index (κ3) is 2.47. The van der Waals surface area contributed by atoms with E-state index in [1.807, 2.05) is 24.3 Å². The summed E-state index contributed by atoms with van der Waals surface area (Å²) in [6, 6.07) is 8.13. The molecule has 1 atom stereocenters. The largest absolute Gasteiger partial charge is 0.337 e. The minimum atomic E-state index is 0.215. The molecule has 3 rings (SSSR count). The molecule has 18 heavy (non-hydrogen) atoms. The van der Waals surface area contributed by atoms with Gasteiger partial charge in [-0.15, -0.1) is 0 Å². The van der Waals surface area contributed by atoms with Crippen LogP contribution in [0.25, 0.3) is 11.4 Å². The summed E-state index contributed by atoms with van der Waals surface area (Å²) in [6.07, 6.45) is 3.51.